The van der Waals surface area contributed by atoms with Crippen LogP contribution >= 0.6 is 11.6 Å². The molecular formula is C16H17ClO. The fraction of sp³-hybridized carbons (Fsp3) is 0.250. The number of aryl methyl sites for hydroxylation is 2. The van der Waals surface area contributed by atoms with Crippen LogP contribution in [0.2, 0.25) is 5.02 Å². The molecule has 0 bridgehead atoms. The minimum atomic E-state index is 0.242. The van der Waals surface area contributed by atoms with Crippen LogP contribution in [0.4, 0.5) is 0 Å². The van der Waals surface area contributed by atoms with E-state index in [0.29, 0.717) is 0 Å². The van der Waals surface area contributed by atoms with Gasteiger partial charge in [0.1, 0.15) is 0 Å². The van der Waals surface area contributed by atoms with Crippen molar-refractivity contribution in [3.63, 3.8) is 0 Å². The minimum Gasteiger partial charge on any atom is -0.396 e. The van der Waals surface area contributed by atoms with Crippen LogP contribution in [0, 0.1) is 6.92 Å². The summed E-state index contributed by atoms with van der Waals surface area (Å²) in [6.07, 6.45) is 1.73. The molecular weight excluding hydrogens is 244 g/mol. The molecule has 0 aliphatic rings. The Labute approximate surface area is 113 Å². The molecule has 1 nitrogen and oxygen atoms in total. The fourth-order valence-electron chi connectivity index (χ4n) is 1.99. The van der Waals surface area contributed by atoms with Gasteiger partial charge in [-0.25, -0.2) is 0 Å². The Morgan fingerprint density at radius 1 is 1.06 bits per heavy atom. The predicted molar refractivity (Wildman–Crippen MR) is 77.0 cm³/mol. The van der Waals surface area contributed by atoms with Crippen LogP contribution < -0.4 is 0 Å². The molecule has 0 saturated heterocycles. The third-order valence-corrected chi connectivity index (χ3v) is 3.33. The average Bonchev–Trinajstić information content (AvgIpc) is 2.37. The lowest BCUT2D eigenvalue weighted by atomic mass is 10.0. The highest BCUT2D eigenvalue weighted by molar-refractivity contribution is 6.33. The molecule has 2 aromatic rings. The molecule has 0 unspecified atom stereocenters. The lowest BCUT2D eigenvalue weighted by Crippen LogP contribution is -1.89. The van der Waals surface area contributed by atoms with Gasteiger partial charge in [-0.1, -0.05) is 48.0 Å². The van der Waals surface area contributed by atoms with Gasteiger partial charge < -0.3 is 5.11 Å². The fourth-order valence-corrected chi connectivity index (χ4v) is 2.33. The molecule has 2 rings (SSSR count). The van der Waals surface area contributed by atoms with Crippen LogP contribution in [0.25, 0.3) is 11.1 Å². The Bertz CT molecular complexity index is 517. The monoisotopic (exact) mass is 260 g/mol. The van der Waals surface area contributed by atoms with Crippen LogP contribution in [-0.2, 0) is 6.42 Å². The van der Waals surface area contributed by atoms with Crippen molar-refractivity contribution in [3.8, 4) is 11.1 Å². The van der Waals surface area contributed by atoms with Gasteiger partial charge in [0.25, 0.3) is 0 Å². The quantitative estimate of drug-likeness (QED) is 0.872. The van der Waals surface area contributed by atoms with E-state index >= 15 is 0 Å². The molecule has 0 heterocycles. The molecule has 0 aliphatic carbocycles. The van der Waals surface area contributed by atoms with Crippen molar-refractivity contribution in [1.29, 1.82) is 0 Å². The van der Waals surface area contributed by atoms with E-state index < -0.39 is 0 Å². The van der Waals surface area contributed by atoms with Crippen molar-refractivity contribution in [2.45, 2.75) is 19.8 Å². The summed E-state index contributed by atoms with van der Waals surface area (Å²) in [6.45, 7) is 2.28. The molecule has 0 aliphatic heterocycles. The number of halogens is 1. The Kier molecular flexibility index (Phi) is 4.40. The van der Waals surface area contributed by atoms with Crippen molar-refractivity contribution in [3.05, 3.63) is 58.6 Å². The van der Waals surface area contributed by atoms with Gasteiger partial charge in [-0.2, -0.15) is 0 Å². The van der Waals surface area contributed by atoms with Gasteiger partial charge in [0.2, 0.25) is 0 Å². The molecule has 0 fully saturated rings. The third-order valence-electron chi connectivity index (χ3n) is 3.01. The molecule has 0 radical (unpaired) electrons. The summed E-state index contributed by atoms with van der Waals surface area (Å²) in [5, 5.41) is 9.60. The zero-order valence-electron chi connectivity index (χ0n) is 10.5. The van der Waals surface area contributed by atoms with E-state index in [1.807, 2.05) is 13.0 Å². The summed E-state index contributed by atoms with van der Waals surface area (Å²) in [7, 11) is 0. The van der Waals surface area contributed by atoms with E-state index in [9.17, 15) is 0 Å². The predicted octanol–water partition coefficient (Wildman–Crippen LogP) is 4.24. The number of benzene rings is 2. The maximum atomic E-state index is 8.81. The summed E-state index contributed by atoms with van der Waals surface area (Å²) in [4.78, 5) is 0. The van der Waals surface area contributed by atoms with Crippen molar-refractivity contribution in [2.75, 3.05) is 6.61 Å². The van der Waals surface area contributed by atoms with E-state index in [1.165, 1.54) is 11.1 Å². The van der Waals surface area contributed by atoms with Crippen molar-refractivity contribution < 1.29 is 5.11 Å². The second kappa shape index (κ2) is 6.03. The zero-order chi connectivity index (χ0) is 13.0. The van der Waals surface area contributed by atoms with Gasteiger partial charge in [0, 0.05) is 17.2 Å². The number of rotatable bonds is 4. The van der Waals surface area contributed by atoms with Crippen LogP contribution in [-0.4, -0.2) is 11.7 Å². The number of aliphatic hydroxyl groups excluding tert-OH is 1. The largest absolute Gasteiger partial charge is 0.396 e. The van der Waals surface area contributed by atoms with Crippen LogP contribution in [0.1, 0.15) is 17.5 Å². The average molecular weight is 261 g/mol. The Balaban J connectivity index is 2.23. The first-order valence-electron chi connectivity index (χ1n) is 6.17. The molecule has 0 amide bonds. The lowest BCUT2D eigenvalue weighted by Gasteiger charge is -2.07. The van der Waals surface area contributed by atoms with Crippen LogP contribution in [0.15, 0.2) is 42.5 Å². The lowest BCUT2D eigenvalue weighted by molar-refractivity contribution is 0.288. The van der Waals surface area contributed by atoms with E-state index in [0.717, 1.165) is 29.0 Å². The molecule has 18 heavy (non-hydrogen) atoms. The number of hydrogen-bond acceptors (Lipinski definition) is 1. The topological polar surface area (TPSA) is 20.2 Å². The summed E-state index contributed by atoms with van der Waals surface area (Å²) in [5.74, 6) is 0. The first-order chi connectivity index (χ1) is 8.70. The molecule has 2 aromatic carbocycles. The normalized spacial score (nSPS) is 10.6. The second-order valence-corrected chi connectivity index (χ2v) is 4.91. The molecule has 94 valence electrons. The smallest absolute Gasteiger partial charge is 0.0487 e. The van der Waals surface area contributed by atoms with Crippen molar-refractivity contribution in [1.82, 2.24) is 0 Å². The molecule has 0 spiro atoms. The molecule has 2 heteroatoms. The summed E-state index contributed by atoms with van der Waals surface area (Å²) >= 11 is 6.25. The number of aliphatic hydroxyl groups is 1. The summed E-state index contributed by atoms with van der Waals surface area (Å²) in [5.41, 5.74) is 4.61. The summed E-state index contributed by atoms with van der Waals surface area (Å²) in [6, 6.07) is 14.5. The van der Waals surface area contributed by atoms with Gasteiger partial charge in [0.15, 0.2) is 0 Å². The maximum Gasteiger partial charge on any atom is 0.0487 e. The van der Waals surface area contributed by atoms with Crippen molar-refractivity contribution >= 4 is 11.6 Å². The molecule has 0 saturated carbocycles. The third kappa shape index (κ3) is 3.12. The molecule has 0 atom stereocenters. The highest BCUT2D eigenvalue weighted by atomic mass is 35.5. The maximum absolute atomic E-state index is 8.81. The van der Waals surface area contributed by atoms with Gasteiger partial charge in [-0.15, -0.1) is 0 Å². The Hall–Kier alpha value is -1.31. The van der Waals surface area contributed by atoms with E-state index in [4.69, 9.17) is 16.7 Å². The minimum absolute atomic E-state index is 0.242. The highest BCUT2D eigenvalue weighted by Crippen LogP contribution is 2.28. The molecule has 1 N–H and O–H groups in total. The van der Waals surface area contributed by atoms with Crippen molar-refractivity contribution in [2.24, 2.45) is 0 Å². The Morgan fingerprint density at radius 3 is 2.39 bits per heavy atom. The second-order valence-electron chi connectivity index (χ2n) is 4.51. The summed E-state index contributed by atoms with van der Waals surface area (Å²) < 4.78 is 0. The zero-order valence-corrected chi connectivity index (χ0v) is 11.2. The van der Waals surface area contributed by atoms with Gasteiger partial charge in [-0.05, 0) is 42.5 Å². The Morgan fingerprint density at radius 2 is 1.78 bits per heavy atom. The van der Waals surface area contributed by atoms with E-state index in [1.54, 1.807) is 0 Å². The van der Waals surface area contributed by atoms with Gasteiger partial charge >= 0.3 is 0 Å². The highest BCUT2D eigenvalue weighted by Gasteiger charge is 2.03. The van der Waals surface area contributed by atoms with Crippen LogP contribution in [0.3, 0.4) is 0 Å². The SMILES string of the molecule is Cc1ccc(-c2ccc(CCCO)cc2)c(Cl)c1. The number of hydrogen-bond donors (Lipinski definition) is 1. The van der Waals surface area contributed by atoms with E-state index in [-0.39, 0.29) is 6.61 Å². The van der Waals surface area contributed by atoms with E-state index in [2.05, 4.69) is 36.4 Å². The molecule has 0 aromatic heterocycles. The standard InChI is InChI=1S/C16H17ClO/c1-12-4-9-15(16(17)11-12)14-7-5-13(6-8-14)3-2-10-18/h4-9,11,18H,2-3,10H2,1H3. The van der Waals surface area contributed by atoms with Crippen LogP contribution in [0.5, 0.6) is 0 Å². The van der Waals surface area contributed by atoms with Gasteiger partial charge in [-0.3, -0.25) is 0 Å². The first-order valence-corrected chi connectivity index (χ1v) is 6.55. The first kappa shape index (κ1) is 13.1. The van der Waals surface area contributed by atoms with Gasteiger partial charge in [0.05, 0.1) is 0 Å².